The van der Waals surface area contributed by atoms with Crippen LogP contribution in [0.4, 0.5) is 15.8 Å². The molecule has 0 atom stereocenters. The Morgan fingerprint density at radius 1 is 0.886 bits per heavy atom. The van der Waals surface area contributed by atoms with Gasteiger partial charge in [-0.2, -0.15) is 0 Å². The van der Waals surface area contributed by atoms with Gasteiger partial charge in [0.25, 0.3) is 10.0 Å². The first-order valence-corrected chi connectivity index (χ1v) is 13.6. The van der Waals surface area contributed by atoms with E-state index in [1.165, 1.54) is 67.5 Å². The number of sulfonamides is 2. The number of carbonyl (C=O) groups is 1. The van der Waals surface area contributed by atoms with Crippen LogP contribution in [0.2, 0.25) is 0 Å². The molecule has 1 heterocycles. The lowest BCUT2D eigenvalue weighted by molar-refractivity contribution is -0.117. The van der Waals surface area contributed by atoms with Crippen molar-refractivity contribution in [3.05, 3.63) is 84.2 Å². The number of carbonyl (C=O) groups excluding carboxylic acids is 1. The minimum atomic E-state index is -4.25. The van der Waals surface area contributed by atoms with E-state index in [1.54, 1.807) is 18.2 Å². The number of hydrogen-bond acceptors (Lipinski definition) is 5. The molecule has 0 bridgehead atoms. The van der Waals surface area contributed by atoms with E-state index in [2.05, 4.69) is 0 Å². The smallest absolute Gasteiger partial charge is 0.264 e. The Balaban J connectivity index is 1.69. The van der Waals surface area contributed by atoms with Gasteiger partial charge in [-0.3, -0.25) is 9.10 Å². The van der Waals surface area contributed by atoms with Gasteiger partial charge in [-0.25, -0.2) is 25.5 Å². The lowest BCUT2D eigenvalue weighted by atomic mass is 10.2. The molecule has 1 aliphatic heterocycles. The van der Waals surface area contributed by atoms with Gasteiger partial charge in [0, 0.05) is 26.3 Å². The van der Waals surface area contributed by atoms with Crippen molar-refractivity contribution < 1.29 is 26.0 Å². The number of para-hydroxylation sites is 1. The van der Waals surface area contributed by atoms with E-state index in [1.807, 2.05) is 0 Å². The summed E-state index contributed by atoms with van der Waals surface area (Å²) in [7, 11) is -5.03. The molecule has 0 radical (unpaired) electrons. The molecule has 1 aliphatic rings. The number of amides is 1. The lowest BCUT2D eigenvalue weighted by Crippen LogP contribution is -2.43. The third kappa shape index (κ3) is 4.66. The summed E-state index contributed by atoms with van der Waals surface area (Å²) in [4.78, 5) is 14.8. The highest BCUT2D eigenvalue weighted by Gasteiger charge is 2.33. The van der Waals surface area contributed by atoms with Gasteiger partial charge in [-0.1, -0.05) is 30.3 Å². The molecule has 0 N–H and O–H groups in total. The average molecular weight is 518 g/mol. The molecular weight excluding hydrogens is 493 g/mol. The van der Waals surface area contributed by atoms with Crippen LogP contribution >= 0.6 is 0 Å². The summed E-state index contributed by atoms with van der Waals surface area (Å²) >= 11 is 0. The molecule has 184 valence electrons. The average Bonchev–Trinajstić information content (AvgIpc) is 3.27. The van der Waals surface area contributed by atoms with Crippen LogP contribution in [-0.2, 0) is 31.3 Å². The van der Waals surface area contributed by atoms with Crippen LogP contribution in [0.3, 0.4) is 0 Å². The Hall–Kier alpha value is -3.28. The van der Waals surface area contributed by atoms with Crippen molar-refractivity contribution in [2.24, 2.45) is 0 Å². The molecule has 0 spiro atoms. The van der Waals surface area contributed by atoms with Gasteiger partial charge in [-0.05, 0) is 54.4 Å². The van der Waals surface area contributed by atoms with Crippen molar-refractivity contribution >= 4 is 37.3 Å². The van der Waals surface area contributed by atoms with Crippen LogP contribution in [0.15, 0.2) is 82.6 Å². The lowest BCUT2D eigenvalue weighted by Gasteiger charge is -2.27. The van der Waals surface area contributed by atoms with Crippen molar-refractivity contribution in [2.75, 3.05) is 36.4 Å². The predicted octanol–water partition coefficient (Wildman–Crippen LogP) is 2.86. The van der Waals surface area contributed by atoms with Crippen LogP contribution in [0.25, 0.3) is 0 Å². The summed E-state index contributed by atoms with van der Waals surface area (Å²) in [5, 5.41) is 0. The molecule has 0 aromatic heterocycles. The van der Waals surface area contributed by atoms with Crippen molar-refractivity contribution in [2.45, 2.75) is 16.2 Å². The molecule has 3 aromatic rings. The molecule has 35 heavy (non-hydrogen) atoms. The maximum absolute atomic E-state index is 14.7. The summed E-state index contributed by atoms with van der Waals surface area (Å²) in [6, 6.07) is 17.3. The SMILES string of the molecule is CN(C)S(=O)(=O)c1ccc2c(c1)CCN2C(=O)CN(c1ccccc1F)S(=O)(=O)c1ccccc1. The summed E-state index contributed by atoms with van der Waals surface area (Å²) in [6.07, 6.45) is 0.406. The number of benzene rings is 3. The van der Waals surface area contributed by atoms with E-state index in [4.69, 9.17) is 0 Å². The monoisotopic (exact) mass is 517 g/mol. The minimum absolute atomic E-state index is 0.0728. The van der Waals surface area contributed by atoms with Gasteiger partial charge in [0.15, 0.2) is 0 Å². The number of nitrogens with zero attached hydrogens (tertiary/aromatic N) is 3. The molecule has 11 heteroatoms. The first-order valence-electron chi connectivity index (χ1n) is 10.7. The zero-order valence-electron chi connectivity index (χ0n) is 19.1. The van der Waals surface area contributed by atoms with Crippen molar-refractivity contribution in [1.29, 1.82) is 0 Å². The van der Waals surface area contributed by atoms with Crippen molar-refractivity contribution in [1.82, 2.24) is 4.31 Å². The van der Waals surface area contributed by atoms with E-state index in [9.17, 15) is 26.0 Å². The third-order valence-corrected chi connectivity index (χ3v) is 9.34. The maximum Gasteiger partial charge on any atom is 0.264 e. The quantitative estimate of drug-likeness (QED) is 0.480. The molecule has 0 fully saturated rings. The van der Waals surface area contributed by atoms with Crippen LogP contribution in [0.5, 0.6) is 0 Å². The molecule has 0 unspecified atom stereocenters. The second-order valence-electron chi connectivity index (χ2n) is 8.15. The van der Waals surface area contributed by atoms with Gasteiger partial charge in [0.05, 0.1) is 15.5 Å². The summed E-state index contributed by atoms with van der Waals surface area (Å²) in [5.41, 5.74) is 0.916. The molecular formula is C24H24FN3O5S2. The predicted molar refractivity (Wildman–Crippen MR) is 131 cm³/mol. The zero-order valence-corrected chi connectivity index (χ0v) is 20.8. The zero-order chi connectivity index (χ0) is 25.4. The van der Waals surface area contributed by atoms with Crippen molar-refractivity contribution in [3.8, 4) is 0 Å². The molecule has 0 saturated heterocycles. The second-order valence-corrected chi connectivity index (χ2v) is 12.2. The van der Waals surface area contributed by atoms with Crippen LogP contribution < -0.4 is 9.21 Å². The number of rotatable bonds is 7. The Morgan fingerprint density at radius 2 is 1.54 bits per heavy atom. The van der Waals surface area contributed by atoms with Gasteiger partial charge < -0.3 is 4.90 Å². The highest BCUT2D eigenvalue weighted by atomic mass is 32.2. The van der Waals surface area contributed by atoms with Gasteiger partial charge >= 0.3 is 0 Å². The van der Waals surface area contributed by atoms with E-state index in [0.29, 0.717) is 17.7 Å². The molecule has 4 rings (SSSR count). The highest BCUT2D eigenvalue weighted by molar-refractivity contribution is 7.92. The van der Waals surface area contributed by atoms with Crippen LogP contribution in [-0.4, -0.2) is 54.2 Å². The fourth-order valence-corrected chi connectivity index (χ4v) is 6.29. The van der Waals surface area contributed by atoms with Crippen LogP contribution in [0.1, 0.15) is 5.56 Å². The third-order valence-electron chi connectivity index (χ3n) is 5.76. The Bertz CT molecular complexity index is 1480. The van der Waals surface area contributed by atoms with E-state index in [0.717, 1.165) is 14.7 Å². The van der Waals surface area contributed by atoms with Crippen molar-refractivity contribution in [3.63, 3.8) is 0 Å². The largest absolute Gasteiger partial charge is 0.310 e. The van der Waals surface area contributed by atoms with E-state index in [-0.39, 0.29) is 22.0 Å². The van der Waals surface area contributed by atoms with Crippen LogP contribution in [0, 0.1) is 5.82 Å². The minimum Gasteiger partial charge on any atom is -0.310 e. The fraction of sp³-hybridized carbons (Fsp3) is 0.208. The normalized spacial score (nSPS) is 13.7. The standard InChI is InChI=1S/C24H24FN3O5S2/c1-26(2)34(30,31)20-12-13-22-18(16-20)14-15-27(22)24(29)17-28(23-11-7-6-10-21(23)25)35(32,33)19-8-4-3-5-9-19/h3-13,16H,14-15,17H2,1-2H3. The van der Waals surface area contributed by atoms with Gasteiger partial charge in [0.2, 0.25) is 15.9 Å². The Kier molecular flexibility index (Phi) is 6.67. The first kappa shape index (κ1) is 24.8. The van der Waals surface area contributed by atoms with Gasteiger partial charge in [0.1, 0.15) is 12.4 Å². The molecule has 1 amide bonds. The number of anilines is 2. The molecule has 3 aromatic carbocycles. The molecule has 0 saturated carbocycles. The topological polar surface area (TPSA) is 95.1 Å². The summed E-state index contributed by atoms with van der Waals surface area (Å²) in [6.45, 7) is -0.383. The summed E-state index contributed by atoms with van der Waals surface area (Å²) < 4.78 is 68.3. The maximum atomic E-state index is 14.7. The number of hydrogen-bond donors (Lipinski definition) is 0. The molecule has 0 aliphatic carbocycles. The van der Waals surface area contributed by atoms with E-state index < -0.39 is 38.3 Å². The number of halogens is 1. The number of fused-ring (bicyclic) bond motifs is 1. The fourth-order valence-electron chi connectivity index (χ4n) is 3.89. The highest BCUT2D eigenvalue weighted by Crippen LogP contribution is 2.32. The van der Waals surface area contributed by atoms with E-state index >= 15 is 0 Å². The Morgan fingerprint density at radius 3 is 2.20 bits per heavy atom. The van der Waals surface area contributed by atoms with Gasteiger partial charge in [-0.15, -0.1) is 0 Å². The second kappa shape index (κ2) is 9.40. The first-order chi connectivity index (χ1) is 16.5. The summed E-state index contributed by atoms with van der Waals surface area (Å²) in [5.74, 6) is -1.34. The Labute approximate surface area is 204 Å². The molecule has 8 nitrogen and oxygen atoms in total.